The van der Waals surface area contributed by atoms with Crippen LogP contribution in [0.25, 0.3) is 22.5 Å². The maximum Gasteiger partial charge on any atom is 0.329 e. The van der Waals surface area contributed by atoms with Crippen LogP contribution in [-0.2, 0) is 19.0 Å². The Morgan fingerprint density at radius 3 is 2.31 bits per heavy atom. The number of aliphatic hydroxyl groups excluding tert-OH is 3. The summed E-state index contributed by atoms with van der Waals surface area (Å²) in [6.45, 7) is -1.43. The van der Waals surface area contributed by atoms with Gasteiger partial charge in [0.15, 0.2) is 17.5 Å². The zero-order valence-corrected chi connectivity index (χ0v) is 26.2. The van der Waals surface area contributed by atoms with E-state index < -0.39 is 83.8 Å². The van der Waals surface area contributed by atoms with Crippen molar-refractivity contribution in [3.05, 3.63) is 54.4 Å². The maximum atomic E-state index is 13.9. The third-order valence-electron chi connectivity index (χ3n) is 7.93. The van der Waals surface area contributed by atoms with Crippen molar-refractivity contribution < 1.29 is 57.3 Å². The predicted octanol–water partition coefficient (Wildman–Crippen LogP) is 0.243. The molecule has 3 aromatic heterocycles. The number of nitrogens with zero attached hydrogens (tertiary/aromatic N) is 8. The second-order valence-corrected chi connectivity index (χ2v) is 12.4. The van der Waals surface area contributed by atoms with E-state index in [0.717, 1.165) is 16.4 Å². The smallest absolute Gasteiger partial charge is 0.329 e. The summed E-state index contributed by atoms with van der Waals surface area (Å²) in [6.07, 6.45) is 0.570. The van der Waals surface area contributed by atoms with Gasteiger partial charge in [-0.25, -0.2) is 37.3 Å². The van der Waals surface area contributed by atoms with E-state index in [1.807, 2.05) is 0 Å². The molecule has 0 bridgehead atoms. The molecule has 1 aromatic carbocycles. The first kappa shape index (κ1) is 34.6. The molecule has 4 aromatic rings. The first-order valence-electron chi connectivity index (χ1n) is 14.6. The normalized spacial score (nSPS) is 27.2. The fourth-order valence-electron chi connectivity index (χ4n) is 5.48. The molecule has 6 rings (SSSR count). The molecule has 0 radical (unpaired) electrons. The van der Waals surface area contributed by atoms with E-state index >= 15 is 0 Å². The number of hydrogen-bond donors (Lipinski definition) is 4. The highest BCUT2D eigenvalue weighted by Gasteiger charge is 2.50. The average Bonchev–Trinajstić information content (AvgIpc) is 3.79. The number of hydrogen-bond acceptors (Lipinski definition) is 15. The van der Waals surface area contributed by atoms with Crippen LogP contribution in [0.3, 0.4) is 0 Å². The third-order valence-corrected chi connectivity index (χ3v) is 9.34. The van der Waals surface area contributed by atoms with Gasteiger partial charge in [-0.05, 0) is 12.1 Å². The Morgan fingerprint density at radius 2 is 1.65 bits per heavy atom. The van der Waals surface area contributed by atoms with Gasteiger partial charge in [0.1, 0.15) is 53.8 Å². The minimum absolute atomic E-state index is 0.0217. The highest BCUT2D eigenvalue weighted by molar-refractivity contribution is 8.00. The molecule has 2 saturated heterocycles. The Bertz CT molecular complexity index is 1750. The Kier molecular flexibility index (Phi) is 10.4. The van der Waals surface area contributed by atoms with E-state index in [2.05, 4.69) is 30.6 Å². The number of carboxylic acids is 1. The standard InChI is InChI=1S/C28H29F3N8O9S/c1-45-28-32-4-13(5-33-28)17-6-38(36-35-17)18-9-46-10-20(24(18)43)49-27-26(47-11-21(41)42)23(25(44)19(8-40)48-27)39-7-16(34-37-39)12-2-14(29)22(31)15(30)3-12/h2-7,18-20,23-27,40,43-44H,8-11H2,1H3,(H,41,42). The van der Waals surface area contributed by atoms with Crippen LogP contribution in [0, 0.1) is 17.5 Å². The van der Waals surface area contributed by atoms with E-state index in [-0.39, 0.29) is 30.5 Å². The summed E-state index contributed by atoms with van der Waals surface area (Å²) < 4.78 is 66.4. The lowest BCUT2D eigenvalue weighted by atomic mass is 9.97. The molecule has 0 amide bonds. The number of aliphatic hydroxyl groups is 3. The van der Waals surface area contributed by atoms with Crippen LogP contribution in [-0.4, -0.2) is 135 Å². The Hall–Kier alpha value is -4.25. The van der Waals surface area contributed by atoms with Crippen LogP contribution >= 0.6 is 11.8 Å². The molecule has 2 aliphatic heterocycles. The van der Waals surface area contributed by atoms with Crippen LogP contribution in [0.4, 0.5) is 13.2 Å². The van der Waals surface area contributed by atoms with Gasteiger partial charge in [-0.15, -0.1) is 22.0 Å². The second kappa shape index (κ2) is 14.7. The van der Waals surface area contributed by atoms with E-state index in [9.17, 15) is 38.4 Å². The van der Waals surface area contributed by atoms with Crippen molar-refractivity contribution in [1.29, 1.82) is 0 Å². The summed E-state index contributed by atoms with van der Waals surface area (Å²) in [7, 11) is 1.43. The summed E-state index contributed by atoms with van der Waals surface area (Å²) in [6, 6.07) is -0.391. The van der Waals surface area contributed by atoms with Crippen molar-refractivity contribution in [2.45, 2.75) is 47.2 Å². The minimum Gasteiger partial charge on any atom is -0.480 e. The van der Waals surface area contributed by atoms with Gasteiger partial charge in [0.2, 0.25) is 0 Å². The number of rotatable bonds is 11. The first-order valence-corrected chi connectivity index (χ1v) is 15.6. The van der Waals surface area contributed by atoms with Crippen molar-refractivity contribution in [3.63, 3.8) is 0 Å². The topological polar surface area (TPSA) is 222 Å². The summed E-state index contributed by atoms with van der Waals surface area (Å²) in [5.74, 6) is -5.93. The maximum absolute atomic E-state index is 13.9. The summed E-state index contributed by atoms with van der Waals surface area (Å²) in [4.78, 5) is 19.7. The van der Waals surface area contributed by atoms with E-state index in [1.165, 1.54) is 30.4 Å². The molecule has 49 heavy (non-hydrogen) atoms. The molecule has 0 aliphatic carbocycles. The monoisotopic (exact) mass is 710 g/mol. The number of thioether (sulfide) groups is 1. The fourth-order valence-corrected chi connectivity index (χ4v) is 6.94. The highest BCUT2D eigenvalue weighted by Crippen LogP contribution is 2.41. The van der Waals surface area contributed by atoms with E-state index in [4.69, 9.17) is 18.9 Å². The van der Waals surface area contributed by atoms with Gasteiger partial charge < -0.3 is 39.4 Å². The molecule has 0 saturated carbocycles. The molecule has 4 N–H and O–H groups in total. The zero-order valence-electron chi connectivity index (χ0n) is 25.4. The number of carboxylic acid groups (broad SMARTS) is 1. The number of ether oxygens (including phenoxy) is 4. The Balaban J connectivity index is 1.25. The van der Waals surface area contributed by atoms with Crippen LogP contribution < -0.4 is 4.74 Å². The van der Waals surface area contributed by atoms with Crippen molar-refractivity contribution in [2.75, 3.05) is 33.5 Å². The van der Waals surface area contributed by atoms with E-state index in [0.29, 0.717) is 23.4 Å². The molecular weight excluding hydrogens is 681 g/mol. The van der Waals surface area contributed by atoms with Crippen molar-refractivity contribution in [1.82, 2.24) is 40.0 Å². The van der Waals surface area contributed by atoms with Crippen LogP contribution in [0.15, 0.2) is 36.9 Å². The summed E-state index contributed by atoms with van der Waals surface area (Å²) in [5.41, 5.74) is -0.443. The summed E-state index contributed by atoms with van der Waals surface area (Å²) in [5, 5.41) is 57.6. The number of carbonyl (C=O) groups is 1. The van der Waals surface area contributed by atoms with Crippen LogP contribution in [0.2, 0.25) is 0 Å². The molecule has 5 heterocycles. The van der Waals surface area contributed by atoms with Crippen LogP contribution in [0.1, 0.15) is 12.1 Å². The second-order valence-electron chi connectivity index (χ2n) is 11.0. The van der Waals surface area contributed by atoms with Crippen LogP contribution in [0.5, 0.6) is 6.01 Å². The van der Waals surface area contributed by atoms with Gasteiger partial charge in [-0.3, -0.25) is 0 Å². The average molecular weight is 711 g/mol. The number of benzene rings is 1. The molecule has 17 nitrogen and oxygen atoms in total. The quantitative estimate of drug-likeness (QED) is 0.153. The lowest BCUT2D eigenvalue weighted by Crippen LogP contribution is -2.57. The van der Waals surface area contributed by atoms with Crippen molar-refractivity contribution in [2.24, 2.45) is 0 Å². The first-order chi connectivity index (χ1) is 23.6. The SMILES string of the molecule is COc1ncc(-c2cn(C3COCC(SC4OC(CO)C(O)C(n5cc(-c6cc(F)c(F)c(F)c6)nn5)C4OCC(=O)O)C3O)nn2)cn1. The molecule has 0 spiro atoms. The van der Waals surface area contributed by atoms with Gasteiger partial charge in [0.05, 0.1) is 50.7 Å². The fraction of sp³-hybridized carbons (Fsp3) is 0.464. The molecule has 8 atom stereocenters. The Labute approximate surface area is 278 Å². The number of halogens is 3. The predicted molar refractivity (Wildman–Crippen MR) is 158 cm³/mol. The summed E-state index contributed by atoms with van der Waals surface area (Å²) >= 11 is 1.01. The van der Waals surface area contributed by atoms with E-state index in [1.54, 1.807) is 6.20 Å². The van der Waals surface area contributed by atoms with Crippen molar-refractivity contribution in [3.8, 4) is 28.5 Å². The Morgan fingerprint density at radius 1 is 1.00 bits per heavy atom. The molecule has 8 unspecified atom stereocenters. The number of aromatic nitrogens is 8. The molecular formula is C28H29F3N8O9S. The molecule has 2 aliphatic rings. The molecule has 2 fully saturated rings. The van der Waals surface area contributed by atoms with Gasteiger partial charge in [-0.2, -0.15) is 0 Å². The number of aliphatic carboxylic acids is 1. The molecule has 262 valence electrons. The number of methoxy groups -OCH3 is 1. The third kappa shape index (κ3) is 7.22. The lowest BCUT2D eigenvalue weighted by Gasteiger charge is -2.45. The van der Waals surface area contributed by atoms with Crippen molar-refractivity contribution >= 4 is 17.7 Å². The highest BCUT2D eigenvalue weighted by atomic mass is 32.2. The van der Waals surface area contributed by atoms with Gasteiger partial charge in [0.25, 0.3) is 0 Å². The zero-order chi connectivity index (χ0) is 34.8. The largest absolute Gasteiger partial charge is 0.480 e. The lowest BCUT2D eigenvalue weighted by molar-refractivity contribution is -0.197. The molecule has 21 heteroatoms. The van der Waals surface area contributed by atoms with Gasteiger partial charge in [0, 0.05) is 23.5 Å². The van der Waals surface area contributed by atoms with Gasteiger partial charge in [-0.1, -0.05) is 10.4 Å². The minimum atomic E-state index is -1.67. The van der Waals surface area contributed by atoms with Gasteiger partial charge >= 0.3 is 12.0 Å².